The van der Waals surface area contributed by atoms with E-state index in [2.05, 4.69) is 26.0 Å². The number of carbonyl (C=O) groups is 2. The summed E-state index contributed by atoms with van der Waals surface area (Å²) in [5, 5.41) is 0. The SMILES string of the molecule is CCC(C)C(=O)OC1C2CC3C1OC(=O)C3(COC(COc1c(C(C)OC)cc(C3CCCCC3)cc1C(C)OC)c1ccccc1)C2. The summed E-state index contributed by atoms with van der Waals surface area (Å²) in [6.45, 7) is 8.44. The van der Waals surface area contributed by atoms with Crippen LogP contribution in [-0.4, -0.2) is 51.6 Å². The molecule has 1 heterocycles. The first kappa shape index (κ1) is 34.9. The fourth-order valence-electron chi connectivity index (χ4n) is 8.59. The summed E-state index contributed by atoms with van der Waals surface area (Å²) in [6, 6.07) is 14.6. The molecule has 0 spiro atoms. The van der Waals surface area contributed by atoms with Crippen molar-refractivity contribution in [2.24, 2.45) is 23.2 Å². The third kappa shape index (κ3) is 6.65. The number of benzene rings is 2. The number of carbonyl (C=O) groups excluding carboxylic acids is 2. The monoisotopic (exact) mass is 662 g/mol. The number of fused-ring (bicyclic) bond motifs is 1. The van der Waals surface area contributed by atoms with Gasteiger partial charge in [0.2, 0.25) is 0 Å². The molecule has 0 radical (unpaired) electrons. The van der Waals surface area contributed by atoms with Crippen molar-refractivity contribution >= 4 is 11.9 Å². The van der Waals surface area contributed by atoms with Gasteiger partial charge >= 0.3 is 11.9 Å². The zero-order valence-corrected chi connectivity index (χ0v) is 29.6. The average molecular weight is 663 g/mol. The fourth-order valence-corrected chi connectivity index (χ4v) is 8.59. The van der Waals surface area contributed by atoms with Crippen LogP contribution in [0.5, 0.6) is 5.75 Å². The Morgan fingerprint density at radius 1 is 0.979 bits per heavy atom. The molecule has 6 rings (SSSR count). The van der Waals surface area contributed by atoms with Crippen LogP contribution in [-0.2, 0) is 33.3 Å². The highest BCUT2D eigenvalue weighted by Gasteiger charge is 2.71. The third-order valence-electron chi connectivity index (χ3n) is 11.9. The lowest BCUT2D eigenvalue weighted by atomic mass is 9.74. The summed E-state index contributed by atoms with van der Waals surface area (Å²) < 4.78 is 37.2. The molecule has 9 unspecified atom stereocenters. The lowest BCUT2D eigenvalue weighted by molar-refractivity contribution is -0.165. The minimum atomic E-state index is -0.741. The van der Waals surface area contributed by atoms with Crippen molar-refractivity contribution in [1.82, 2.24) is 0 Å². The maximum Gasteiger partial charge on any atom is 0.315 e. The maximum absolute atomic E-state index is 13.5. The molecular weight excluding hydrogens is 608 g/mol. The molecule has 1 aliphatic heterocycles. The van der Waals surface area contributed by atoms with Crippen LogP contribution in [0.15, 0.2) is 42.5 Å². The molecule has 4 aliphatic rings. The Morgan fingerprint density at radius 3 is 2.27 bits per heavy atom. The second kappa shape index (κ2) is 14.9. The normalized spacial score (nSPS) is 28.9. The van der Waals surface area contributed by atoms with Crippen molar-refractivity contribution in [3.63, 3.8) is 0 Å². The number of hydrogen-bond acceptors (Lipinski definition) is 8. The minimum absolute atomic E-state index is 0.0299. The van der Waals surface area contributed by atoms with Gasteiger partial charge in [0.15, 0.2) is 0 Å². The van der Waals surface area contributed by atoms with Gasteiger partial charge in [-0.3, -0.25) is 9.59 Å². The molecule has 2 aromatic rings. The minimum Gasteiger partial charge on any atom is -0.490 e. The average Bonchev–Trinajstić information content (AvgIpc) is 3.73. The van der Waals surface area contributed by atoms with Gasteiger partial charge in [0.1, 0.15) is 30.7 Å². The fraction of sp³-hybridized carbons (Fsp3) is 0.650. The first-order valence-electron chi connectivity index (χ1n) is 18.1. The highest BCUT2D eigenvalue weighted by atomic mass is 16.6. The molecule has 0 amide bonds. The molecule has 0 aromatic heterocycles. The van der Waals surface area contributed by atoms with Crippen molar-refractivity contribution in [2.75, 3.05) is 27.4 Å². The molecule has 2 aromatic carbocycles. The molecule has 48 heavy (non-hydrogen) atoms. The van der Waals surface area contributed by atoms with Crippen LogP contribution in [0.2, 0.25) is 0 Å². The molecule has 9 atom stereocenters. The third-order valence-corrected chi connectivity index (χ3v) is 11.9. The zero-order chi connectivity index (χ0) is 34.0. The van der Waals surface area contributed by atoms with E-state index < -0.39 is 17.6 Å². The lowest BCUT2D eigenvalue weighted by Gasteiger charge is -2.33. The highest BCUT2D eigenvalue weighted by molar-refractivity contribution is 5.82. The number of hydrogen-bond donors (Lipinski definition) is 0. The van der Waals surface area contributed by atoms with Crippen LogP contribution in [0.4, 0.5) is 0 Å². The van der Waals surface area contributed by atoms with Gasteiger partial charge in [-0.05, 0) is 75.1 Å². The van der Waals surface area contributed by atoms with Crippen molar-refractivity contribution in [3.8, 4) is 5.75 Å². The van der Waals surface area contributed by atoms with Crippen molar-refractivity contribution < 1.29 is 38.0 Å². The predicted molar refractivity (Wildman–Crippen MR) is 182 cm³/mol. The Labute approximate surface area is 286 Å². The van der Waals surface area contributed by atoms with Crippen LogP contribution < -0.4 is 4.74 Å². The largest absolute Gasteiger partial charge is 0.490 e. The Hall–Kier alpha value is -2.94. The number of ether oxygens (including phenoxy) is 6. The number of rotatable bonds is 15. The Kier molecular flexibility index (Phi) is 10.8. The van der Waals surface area contributed by atoms with Gasteiger partial charge in [-0.15, -0.1) is 0 Å². The van der Waals surface area contributed by atoms with E-state index >= 15 is 0 Å². The molecular formula is C40H54O8. The standard InChI is InChI=1S/C40H54O8/c1-7-24(2)38(41)47-35-30-20-33-37(35)48-39(42)40(33,21-30)23-46-34(28-16-12-9-13-17-28)22-45-36-31(25(3)43-5)18-29(19-32(36)26(4)44-6)27-14-10-8-11-15-27/h9,12-13,16-19,24-27,30,33-35,37H,7-8,10-11,14-15,20-23H2,1-6H3. The molecule has 8 nitrogen and oxygen atoms in total. The molecule has 4 fully saturated rings. The first-order valence-corrected chi connectivity index (χ1v) is 18.1. The van der Waals surface area contributed by atoms with Gasteiger partial charge in [-0.2, -0.15) is 0 Å². The van der Waals surface area contributed by atoms with Crippen molar-refractivity contribution in [2.45, 2.75) is 115 Å². The zero-order valence-electron chi connectivity index (χ0n) is 29.6. The van der Waals surface area contributed by atoms with E-state index in [4.69, 9.17) is 28.4 Å². The summed E-state index contributed by atoms with van der Waals surface area (Å²) in [5.41, 5.74) is 3.58. The summed E-state index contributed by atoms with van der Waals surface area (Å²) >= 11 is 0. The van der Waals surface area contributed by atoms with Crippen molar-refractivity contribution in [3.05, 3.63) is 64.7 Å². The van der Waals surface area contributed by atoms with E-state index in [1.807, 2.05) is 44.2 Å². The van der Waals surface area contributed by atoms with Gasteiger partial charge in [0.05, 0.1) is 30.1 Å². The molecule has 8 heteroatoms. The Morgan fingerprint density at radius 2 is 1.65 bits per heavy atom. The number of esters is 2. The predicted octanol–water partition coefficient (Wildman–Crippen LogP) is 8.20. The molecule has 3 aliphatic carbocycles. The molecule has 2 bridgehead atoms. The van der Waals surface area contributed by atoms with Gasteiger partial charge in [-0.25, -0.2) is 0 Å². The van der Waals surface area contributed by atoms with Gasteiger partial charge in [0, 0.05) is 37.2 Å². The van der Waals surface area contributed by atoms with E-state index in [0.717, 1.165) is 28.9 Å². The van der Waals surface area contributed by atoms with Gasteiger partial charge in [-0.1, -0.05) is 63.4 Å². The quantitative estimate of drug-likeness (QED) is 0.176. The van der Waals surface area contributed by atoms with Gasteiger partial charge in [0.25, 0.3) is 0 Å². The van der Waals surface area contributed by atoms with Crippen LogP contribution in [0.3, 0.4) is 0 Å². The second-order valence-corrected chi connectivity index (χ2v) is 14.7. The lowest BCUT2D eigenvalue weighted by Crippen LogP contribution is -2.43. The summed E-state index contributed by atoms with van der Waals surface area (Å²) in [5.74, 6) is 0.730. The van der Waals surface area contributed by atoms with E-state index in [1.54, 1.807) is 14.2 Å². The smallest absolute Gasteiger partial charge is 0.315 e. The maximum atomic E-state index is 13.5. The Balaban J connectivity index is 1.24. The summed E-state index contributed by atoms with van der Waals surface area (Å²) in [6.07, 6.45) is 6.75. The van der Waals surface area contributed by atoms with Crippen LogP contribution in [0.25, 0.3) is 0 Å². The topological polar surface area (TPSA) is 89.5 Å². The van der Waals surface area contributed by atoms with E-state index in [-0.39, 0.29) is 61.2 Å². The Bertz CT molecular complexity index is 1390. The molecule has 262 valence electrons. The second-order valence-electron chi connectivity index (χ2n) is 14.7. The molecule has 0 N–H and O–H groups in total. The van der Waals surface area contributed by atoms with E-state index in [1.165, 1.54) is 37.7 Å². The molecule has 3 saturated carbocycles. The van der Waals surface area contributed by atoms with E-state index in [0.29, 0.717) is 18.8 Å². The van der Waals surface area contributed by atoms with Crippen LogP contribution in [0, 0.1) is 23.2 Å². The van der Waals surface area contributed by atoms with Crippen molar-refractivity contribution in [1.29, 1.82) is 0 Å². The summed E-state index contributed by atoms with van der Waals surface area (Å²) in [4.78, 5) is 26.2. The van der Waals surface area contributed by atoms with Crippen LogP contribution in [0.1, 0.15) is 126 Å². The summed E-state index contributed by atoms with van der Waals surface area (Å²) in [7, 11) is 3.46. The molecule has 1 saturated heterocycles. The van der Waals surface area contributed by atoms with E-state index in [9.17, 15) is 9.59 Å². The highest BCUT2D eigenvalue weighted by Crippen LogP contribution is 2.63. The van der Waals surface area contributed by atoms with Crippen LogP contribution >= 0.6 is 0 Å². The van der Waals surface area contributed by atoms with Gasteiger partial charge < -0.3 is 28.4 Å². The number of methoxy groups -OCH3 is 2. The first-order chi connectivity index (χ1) is 23.2.